The van der Waals surface area contributed by atoms with Crippen LogP contribution in [0.3, 0.4) is 0 Å². The van der Waals surface area contributed by atoms with Crippen molar-refractivity contribution in [3.63, 3.8) is 0 Å². The zero-order chi connectivity index (χ0) is 18.8. The molecule has 0 radical (unpaired) electrons. The summed E-state index contributed by atoms with van der Waals surface area (Å²) in [5.41, 5.74) is 1.61. The lowest BCUT2D eigenvalue weighted by atomic mass is 10.0. The number of amides is 1. The first-order chi connectivity index (χ1) is 12.3. The lowest BCUT2D eigenvalue weighted by Crippen LogP contribution is -2.39. The Kier molecular flexibility index (Phi) is 5.45. The van der Waals surface area contributed by atoms with Crippen LogP contribution in [-0.2, 0) is 16.1 Å². The first-order valence-electron chi connectivity index (χ1n) is 7.96. The number of carbonyl (C=O) groups is 1. The van der Waals surface area contributed by atoms with Crippen molar-refractivity contribution in [2.24, 2.45) is 0 Å². The minimum atomic E-state index is -2.21. The number of ether oxygens (including phenoxy) is 1. The van der Waals surface area contributed by atoms with Gasteiger partial charge in [0.05, 0.1) is 24.3 Å². The van der Waals surface area contributed by atoms with Gasteiger partial charge in [-0.15, -0.1) is 0 Å². The smallest absolute Gasteiger partial charge is 0.262 e. The highest BCUT2D eigenvalue weighted by Crippen LogP contribution is 2.34. The maximum absolute atomic E-state index is 12.5. The van der Waals surface area contributed by atoms with Gasteiger partial charge in [0.1, 0.15) is 11.8 Å². The third-order valence-corrected chi connectivity index (χ3v) is 5.03. The van der Waals surface area contributed by atoms with E-state index in [0.717, 1.165) is 5.56 Å². The highest BCUT2D eigenvalue weighted by molar-refractivity contribution is 7.80. The van der Waals surface area contributed by atoms with Crippen LogP contribution in [0.25, 0.3) is 0 Å². The number of halogens is 1. The van der Waals surface area contributed by atoms with E-state index >= 15 is 0 Å². The van der Waals surface area contributed by atoms with Gasteiger partial charge in [-0.05, 0) is 37.6 Å². The molecule has 1 aromatic heterocycles. The van der Waals surface area contributed by atoms with E-state index < -0.39 is 17.2 Å². The van der Waals surface area contributed by atoms with Gasteiger partial charge >= 0.3 is 0 Å². The van der Waals surface area contributed by atoms with Crippen LogP contribution in [-0.4, -0.2) is 32.3 Å². The van der Waals surface area contributed by atoms with Crippen molar-refractivity contribution in [2.75, 3.05) is 16.2 Å². The van der Waals surface area contributed by atoms with Crippen molar-refractivity contribution in [1.82, 2.24) is 4.98 Å². The number of rotatable bonds is 4. The zero-order valence-electron chi connectivity index (χ0n) is 14.2. The number of hydrogen-bond acceptors (Lipinski definition) is 4. The largest absolute Gasteiger partial charge is 0.471 e. The molecule has 2 N–H and O–H groups in total. The van der Waals surface area contributed by atoms with E-state index in [-0.39, 0.29) is 24.4 Å². The number of nitrogens with one attached hydrogen (secondary N) is 1. The molecule has 0 fully saturated rings. The second-order valence-corrected chi connectivity index (χ2v) is 7.37. The molecule has 1 amide bonds. The molecule has 9 heteroatoms. The van der Waals surface area contributed by atoms with Gasteiger partial charge in [0.2, 0.25) is 11.8 Å². The van der Waals surface area contributed by atoms with Crippen LogP contribution in [0.15, 0.2) is 36.5 Å². The lowest BCUT2D eigenvalue weighted by molar-refractivity contribution is -0.117. The van der Waals surface area contributed by atoms with Crippen molar-refractivity contribution < 1.29 is 18.3 Å². The predicted octanol–water partition coefficient (Wildman–Crippen LogP) is 3.20. The van der Waals surface area contributed by atoms with Gasteiger partial charge in [0.15, 0.2) is 0 Å². The quantitative estimate of drug-likeness (QED) is 0.775. The molecule has 0 saturated heterocycles. The highest BCUT2D eigenvalue weighted by Gasteiger charge is 2.28. The zero-order valence-corrected chi connectivity index (χ0v) is 15.8. The van der Waals surface area contributed by atoms with Crippen molar-refractivity contribution in [3.05, 3.63) is 47.1 Å². The summed E-state index contributed by atoms with van der Waals surface area (Å²) in [4.78, 5) is 16.7. The van der Waals surface area contributed by atoms with E-state index in [1.807, 2.05) is 0 Å². The van der Waals surface area contributed by atoms with E-state index in [2.05, 4.69) is 10.3 Å². The molecule has 0 spiro atoms. The summed E-state index contributed by atoms with van der Waals surface area (Å²) in [6.07, 6.45) is 1.19. The first-order valence-corrected chi connectivity index (χ1v) is 9.41. The summed E-state index contributed by atoms with van der Waals surface area (Å²) < 4.78 is 27.9. The van der Waals surface area contributed by atoms with E-state index in [1.54, 1.807) is 44.2 Å². The van der Waals surface area contributed by atoms with Crippen LogP contribution in [0.1, 0.15) is 25.3 Å². The molecule has 1 aliphatic rings. The summed E-state index contributed by atoms with van der Waals surface area (Å²) in [5.74, 6) is -0.367. The monoisotopic (exact) mass is 395 g/mol. The topological polar surface area (TPSA) is 91.8 Å². The van der Waals surface area contributed by atoms with Crippen molar-refractivity contribution in [1.29, 1.82) is 0 Å². The Morgan fingerprint density at radius 1 is 1.46 bits per heavy atom. The van der Waals surface area contributed by atoms with Crippen molar-refractivity contribution in [2.45, 2.75) is 25.9 Å². The molecule has 0 aliphatic carbocycles. The second kappa shape index (κ2) is 7.61. The van der Waals surface area contributed by atoms with Gasteiger partial charge in [-0.3, -0.25) is 13.7 Å². The molecule has 3 rings (SSSR count). The number of hydrogen-bond donors (Lipinski definition) is 2. The number of aromatic nitrogens is 1. The number of fused-ring (bicyclic) bond motifs is 1. The fraction of sp³-hybridized carbons (Fsp3) is 0.294. The third kappa shape index (κ3) is 3.98. The van der Waals surface area contributed by atoms with Gasteiger partial charge in [-0.2, -0.15) is 0 Å². The minimum absolute atomic E-state index is 0.226. The Morgan fingerprint density at radius 2 is 2.15 bits per heavy atom. The number of anilines is 2. The van der Waals surface area contributed by atoms with Crippen LogP contribution < -0.4 is 14.4 Å². The van der Waals surface area contributed by atoms with Gasteiger partial charge < -0.3 is 10.1 Å². The second-order valence-electron chi connectivity index (χ2n) is 6.03. The summed E-state index contributed by atoms with van der Waals surface area (Å²) in [7, 11) is 0. The molecule has 1 aromatic carbocycles. The fourth-order valence-electron chi connectivity index (χ4n) is 2.64. The number of benzene rings is 1. The molecule has 138 valence electrons. The van der Waals surface area contributed by atoms with Gasteiger partial charge in [-0.1, -0.05) is 23.7 Å². The Hall–Kier alpha value is -2.16. The number of pyridine rings is 1. The summed E-state index contributed by atoms with van der Waals surface area (Å²) in [5, 5.41) is 3.38. The molecule has 0 saturated carbocycles. The lowest BCUT2D eigenvalue weighted by Gasteiger charge is -2.31. The summed E-state index contributed by atoms with van der Waals surface area (Å²) in [6.45, 7) is 3.81. The average Bonchev–Trinajstić information content (AvgIpc) is 2.61. The summed E-state index contributed by atoms with van der Waals surface area (Å²) >= 11 is 3.66. The van der Waals surface area contributed by atoms with E-state index in [4.69, 9.17) is 16.3 Å². The SMILES string of the molecule is CC1CN(S(=O)O)c2cc(NC(=O)C(C)c3ccc(Cl)cc3)cnc2O1. The average molecular weight is 396 g/mol. The molecule has 3 unspecified atom stereocenters. The fourth-order valence-corrected chi connectivity index (χ4v) is 3.40. The molecule has 0 bridgehead atoms. The molecule has 2 aromatic rings. The highest BCUT2D eigenvalue weighted by atomic mass is 35.5. The Balaban J connectivity index is 1.80. The van der Waals surface area contributed by atoms with Crippen LogP contribution >= 0.6 is 11.6 Å². The predicted molar refractivity (Wildman–Crippen MR) is 101 cm³/mol. The third-order valence-electron chi connectivity index (χ3n) is 4.06. The van der Waals surface area contributed by atoms with E-state index in [9.17, 15) is 13.6 Å². The summed E-state index contributed by atoms with van der Waals surface area (Å²) in [6, 6.07) is 8.63. The van der Waals surface area contributed by atoms with E-state index in [1.165, 1.54) is 10.5 Å². The molecular formula is C17H18ClN3O4S. The Labute approximate surface area is 158 Å². The van der Waals surface area contributed by atoms with Crippen molar-refractivity contribution >= 4 is 40.1 Å². The van der Waals surface area contributed by atoms with Gasteiger partial charge in [0, 0.05) is 5.02 Å². The minimum Gasteiger partial charge on any atom is -0.471 e. The standard InChI is InChI=1S/C17H18ClN3O4S/c1-10-9-21(26(23)24)15-7-14(8-19-17(15)25-10)20-16(22)11(2)12-3-5-13(18)6-4-12/h3-8,10-11H,9H2,1-2H3,(H,20,22)(H,23,24). The van der Waals surface area contributed by atoms with Crippen molar-refractivity contribution in [3.8, 4) is 5.88 Å². The molecule has 26 heavy (non-hydrogen) atoms. The molecule has 1 aliphatic heterocycles. The normalized spacial score (nSPS) is 18.5. The maximum atomic E-state index is 12.5. The molecule has 3 atom stereocenters. The molecule has 2 heterocycles. The number of carbonyl (C=O) groups excluding carboxylic acids is 1. The molecule has 7 nitrogen and oxygen atoms in total. The number of nitrogens with zero attached hydrogens (tertiary/aromatic N) is 2. The molecular weight excluding hydrogens is 378 g/mol. The van der Waals surface area contributed by atoms with E-state index in [0.29, 0.717) is 16.4 Å². The van der Waals surface area contributed by atoms with Crippen LogP contribution in [0.5, 0.6) is 5.88 Å². The maximum Gasteiger partial charge on any atom is 0.262 e. The van der Waals surface area contributed by atoms with Gasteiger partial charge in [-0.25, -0.2) is 9.19 Å². The van der Waals surface area contributed by atoms with Gasteiger partial charge in [0.25, 0.3) is 11.3 Å². The Bertz CT molecular complexity index is 846. The first kappa shape index (κ1) is 18.6. The van der Waals surface area contributed by atoms with Crippen LogP contribution in [0, 0.1) is 0 Å². The Morgan fingerprint density at radius 3 is 2.81 bits per heavy atom. The van der Waals surface area contributed by atoms with Crippen LogP contribution in [0.4, 0.5) is 11.4 Å². The van der Waals surface area contributed by atoms with Crippen LogP contribution in [0.2, 0.25) is 5.02 Å².